The predicted octanol–water partition coefficient (Wildman–Crippen LogP) is 4.56. The number of aromatic nitrogens is 2. The second kappa shape index (κ2) is 9.17. The molecule has 2 aromatic carbocycles. The lowest BCUT2D eigenvalue weighted by Crippen LogP contribution is -2.24. The minimum absolute atomic E-state index is 0.0395. The highest BCUT2D eigenvalue weighted by molar-refractivity contribution is 5.94. The summed E-state index contributed by atoms with van der Waals surface area (Å²) in [6, 6.07) is 18.4. The van der Waals surface area contributed by atoms with E-state index in [2.05, 4.69) is 29.4 Å². The molecule has 0 aliphatic carbocycles. The number of rotatable bonds is 8. The summed E-state index contributed by atoms with van der Waals surface area (Å²) < 4.78 is 19.1. The topological polar surface area (TPSA) is 62.6 Å². The van der Waals surface area contributed by atoms with Crippen molar-refractivity contribution >= 4 is 5.78 Å². The van der Waals surface area contributed by atoms with E-state index in [9.17, 15) is 4.79 Å². The number of fused-ring (bicyclic) bond motifs is 2. The van der Waals surface area contributed by atoms with Crippen LogP contribution in [0.1, 0.15) is 35.8 Å². The number of Topliss-reactive ketones (excluding diaryl/α,β-unsaturated/α-hetero) is 1. The van der Waals surface area contributed by atoms with Gasteiger partial charge in [0.05, 0.1) is 19.8 Å². The highest BCUT2D eigenvalue weighted by Crippen LogP contribution is 2.33. The summed E-state index contributed by atoms with van der Waals surface area (Å²) in [5, 5.41) is 4.49. The van der Waals surface area contributed by atoms with E-state index >= 15 is 0 Å². The van der Waals surface area contributed by atoms with Crippen LogP contribution in [-0.4, -0.2) is 41.5 Å². The van der Waals surface area contributed by atoms with Gasteiger partial charge in [-0.15, -0.1) is 0 Å². The number of carbonyl (C=O) groups excluding carboxylic acids is 1. The van der Waals surface area contributed by atoms with E-state index in [-0.39, 0.29) is 17.8 Å². The number of hydrogen-bond acceptors (Lipinski definition) is 5. The van der Waals surface area contributed by atoms with Crippen molar-refractivity contribution in [3.05, 3.63) is 65.9 Å². The van der Waals surface area contributed by atoms with E-state index in [0.717, 1.165) is 24.2 Å². The van der Waals surface area contributed by atoms with E-state index in [1.165, 1.54) is 11.1 Å². The average molecular weight is 433 g/mol. The lowest BCUT2D eigenvalue weighted by Gasteiger charge is -2.25. The number of benzene rings is 2. The van der Waals surface area contributed by atoms with Crippen LogP contribution in [0.25, 0.3) is 11.1 Å². The van der Waals surface area contributed by atoms with E-state index < -0.39 is 0 Å². The molecule has 32 heavy (non-hydrogen) atoms. The van der Waals surface area contributed by atoms with Crippen LogP contribution in [0.3, 0.4) is 0 Å². The third kappa shape index (κ3) is 4.41. The van der Waals surface area contributed by atoms with Crippen LogP contribution in [0.4, 0.5) is 0 Å². The number of carbonyl (C=O) groups is 1. The van der Waals surface area contributed by atoms with Crippen molar-refractivity contribution in [1.29, 1.82) is 0 Å². The predicted molar refractivity (Wildman–Crippen MR) is 121 cm³/mol. The lowest BCUT2D eigenvalue weighted by molar-refractivity contribution is 0.0925. The van der Waals surface area contributed by atoms with Gasteiger partial charge in [0.1, 0.15) is 17.5 Å². The van der Waals surface area contributed by atoms with Crippen molar-refractivity contribution in [3.63, 3.8) is 0 Å². The molecule has 0 fully saturated rings. The first-order chi connectivity index (χ1) is 15.7. The van der Waals surface area contributed by atoms with Crippen LogP contribution < -0.4 is 9.47 Å². The third-order valence-corrected chi connectivity index (χ3v) is 6.11. The van der Waals surface area contributed by atoms with Crippen LogP contribution in [0.5, 0.6) is 11.6 Å². The van der Waals surface area contributed by atoms with Gasteiger partial charge in [-0.05, 0) is 42.2 Å². The van der Waals surface area contributed by atoms with Crippen LogP contribution >= 0.6 is 0 Å². The van der Waals surface area contributed by atoms with Gasteiger partial charge in [-0.1, -0.05) is 36.4 Å². The Kier molecular flexibility index (Phi) is 5.95. The number of nitrogens with zero attached hydrogens (tertiary/aromatic N) is 2. The quantitative estimate of drug-likeness (QED) is 0.386. The molecule has 2 unspecified atom stereocenters. The van der Waals surface area contributed by atoms with Crippen molar-refractivity contribution < 1.29 is 19.0 Å². The fourth-order valence-electron chi connectivity index (χ4n) is 4.44. The largest absolute Gasteiger partial charge is 0.493 e. The van der Waals surface area contributed by atoms with Crippen LogP contribution in [-0.2, 0) is 17.7 Å². The van der Waals surface area contributed by atoms with Gasteiger partial charge in [0.15, 0.2) is 5.78 Å². The molecule has 0 saturated heterocycles. The van der Waals surface area contributed by atoms with Crippen molar-refractivity contribution in [3.8, 4) is 22.8 Å². The molecule has 0 amide bonds. The molecule has 2 aliphatic heterocycles. The van der Waals surface area contributed by atoms with E-state index in [1.807, 2.05) is 31.2 Å². The zero-order valence-electron chi connectivity index (χ0n) is 18.3. The molecule has 3 aromatic rings. The average Bonchev–Trinajstić information content (AvgIpc) is 3.38. The molecule has 1 aromatic heterocycles. The molecule has 0 saturated carbocycles. The Morgan fingerprint density at radius 1 is 1.16 bits per heavy atom. The van der Waals surface area contributed by atoms with E-state index in [4.69, 9.17) is 14.2 Å². The summed E-state index contributed by atoms with van der Waals surface area (Å²) in [4.78, 5) is 12.9. The Morgan fingerprint density at radius 2 is 2.03 bits per heavy atom. The Bertz CT molecular complexity index is 1070. The van der Waals surface area contributed by atoms with Gasteiger partial charge in [-0.3, -0.25) is 4.79 Å². The van der Waals surface area contributed by atoms with E-state index in [1.54, 1.807) is 10.7 Å². The van der Waals surface area contributed by atoms with Gasteiger partial charge < -0.3 is 14.2 Å². The zero-order chi connectivity index (χ0) is 21.9. The SMILES string of the molecule is CCOCCC1Cn2nc(C(=O)CC3COc4ccc(-c5ccccc5)cc4C3)cc2O1. The Hall–Kier alpha value is -3.12. The van der Waals surface area contributed by atoms with Crippen LogP contribution in [0, 0.1) is 5.92 Å². The standard InChI is InChI=1S/C26H28N2O4/c1-2-30-11-10-22-16-28-26(32-22)15-23(27-28)24(29)13-18-12-21-14-20(8-9-25(21)31-17-18)19-6-4-3-5-7-19/h3-9,14-15,18,22H,2,10-13,16-17H2,1H3. The molecule has 0 bridgehead atoms. The minimum Gasteiger partial charge on any atom is -0.493 e. The molecule has 166 valence electrons. The van der Waals surface area contributed by atoms with Gasteiger partial charge in [0.2, 0.25) is 5.88 Å². The normalized spacial score (nSPS) is 19.0. The molecule has 0 radical (unpaired) electrons. The molecule has 6 heteroatoms. The summed E-state index contributed by atoms with van der Waals surface area (Å²) in [6.45, 7) is 4.58. The second-order valence-corrected chi connectivity index (χ2v) is 8.47. The minimum atomic E-state index is 0.0395. The highest BCUT2D eigenvalue weighted by Gasteiger charge is 2.28. The molecule has 0 spiro atoms. The number of hydrogen-bond donors (Lipinski definition) is 0. The number of ketones is 1. The van der Waals surface area contributed by atoms with E-state index in [0.29, 0.717) is 44.4 Å². The smallest absolute Gasteiger partial charge is 0.212 e. The molecular weight excluding hydrogens is 404 g/mol. The first-order valence-corrected chi connectivity index (χ1v) is 11.4. The summed E-state index contributed by atoms with van der Waals surface area (Å²) in [7, 11) is 0. The van der Waals surface area contributed by atoms with Gasteiger partial charge in [-0.25, -0.2) is 4.68 Å². The summed E-state index contributed by atoms with van der Waals surface area (Å²) in [6.07, 6.45) is 2.13. The zero-order valence-corrected chi connectivity index (χ0v) is 18.3. The monoisotopic (exact) mass is 432 g/mol. The fourth-order valence-corrected chi connectivity index (χ4v) is 4.44. The Morgan fingerprint density at radius 3 is 2.84 bits per heavy atom. The van der Waals surface area contributed by atoms with Gasteiger partial charge >= 0.3 is 0 Å². The fraction of sp³-hybridized carbons (Fsp3) is 0.385. The molecule has 2 aliphatic rings. The van der Waals surface area contributed by atoms with Gasteiger partial charge in [0.25, 0.3) is 0 Å². The highest BCUT2D eigenvalue weighted by atomic mass is 16.5. The molecule has 0 N–H and O–H groups in total. The first kappa shape index (κ1) is 20.8. The molecular formula is C26H28N2O4. The Labute approximate surface area is 188 Å². The number of ether oxygens (including phenoxy) is 3. The Balaban J connectivity index is 1.21. The van der Waals surface area contributed by atoms with Crippen molar-refractivity contribution in [2.24, 2.45) is 5.92 Å². The van der Waals surface area contributed by atoms with Crippen molar-refractivity contribution in [2.45, 2.75) is 38.8 Å². The van der Waals surface area contributed by atoms with Crippen molar-refractivity contribution in [1.82, 2.24) is 9.78 Å². The second-order valence-electron chi connectivity index (χ2n) is 8.47. The molecule has 6 nitrogen and oxygen atoms in total. The summed E-state index contributed by atoms with van der Waals surface area (Å²) in [5.74, 6) is 1.77. The molecule has 2 atom stereocenters. The van der Waals surface area contributed by atoms with Crippen LogP contribution in [0.2, 0.25) is 0 Å². The van der Waals surface area contributed by atoms with Crippen molar-refractivity contribution in [2.75, 3.05) is 19.8 Å². The van der Waals surface area contributed by atoms with Crippen LogP contribution in [0.15, 0.2) is 54.6 Å². The maximum atomic E-state index is 12.9. The van der Waals surface area contributed by atoms with Gasteiger partial charge in [-0.2, -0.15) is 5.10 Å². The lowest BCUT2D eigenvalue weighted by atomic mass is 9.90. The molecule has 3 heterocycles. The first-order valence-electron chi connectivity index (χ1n) is 11.4. The summed E-state index contributed by atoms with van der Waals surface area (Å²) >= 11 is 0. The third-order valence-electron chi connectivity index (χ3n) is 6.11. The molecule has 5 rings (SSSR count). The van der Waals surface area contributed by atoms with Gasteiger partial charge in [0, 0.05) is 31.4 Å². The summed E-state index contributed by atoms with van der Waals surface area (Å²) in [5.41, 5.74) is 3.98. The maximum absolute atomic E-state index is 12.9. The maximum Gasteiger partial charge on any atom is 0.212 e.